The van der Waals surface area contributed by atoms with Crippen molar-refractivity contribution in [2.45, 2.75) is 135 Å². The third kappa shape index (κ3) is 21.5. The first-order chi connectivity index (χ1) is 45.3. The van der Waals surface area contributed by atoms with Crippen molar-refractivity contribution in [3.05, 3.63) is 145 Å². The maximum atomic E-state index is 13.2. The Kier molecular flexibility index (Phi) is 28.4. The van der Waals surface area contributed by atoms with Gasteiger partial charge in [-0.1, -0.05) is 97.1 Å². The molecule has 12 atom stereocenters. The number of carbonyl (C=O) groups is 6. The maximum absolute atomic E-state index is 13.2. The highest BCUT2D eigenvalue weighted by atomic mass is 32.2. The van der Waals surface area contributed by atoms with Gasteiger partial charge in [-0.2, -0.15) is 23.5 Å². The fraction of sp³-hybridized carbons (Fsp3) is 0.446. The van der Waals surface area contributed by atoms with Crippen molar-refractivity contribution < 1.29 is 100 Å². The number of nitrogens with one attached hydrogen (secondary N) is 5. The predicted octanol–water partition coefficient (Wildman–Crippen LogP) is 2.38. The fourth-order valence-corrected chi connectivity index (χ4v) is 14.4. The van der Waals surface area contributed by atoms with Crippen LogP contribution in [0.3, 0.4) is 0 Å². The first kappa shape index (κ1) is 75.8. The van der Waals surface area contributed by atoms with Crippen molar-refractivity contribution >= 4 is 79.3 Å². The van der Waals surface area contributed by atoms with E-state index < -0.39 is 136 Å². The van der Waals surface area contributed by atoms with E-state index in [4.69, 9.17) is 18.9 Å². The summed E-state index contributed by atoms with van der Waals surface area (Å²) >= 11 is 2.93. The lowest BCUT2D eigenvalue weighted by molar-refractivity contribution is -0.310. The summed E-state index contributed by atoms with van der Waals surface area (Å²) in [5.41, 5.74) is 3.99. The van der Waals surface area contributed by atoms with Crippen LogP contribution in [0.2, 0.25) is 0 Å². The van der Waals surface area contributed by atoms with Crippen LogP contribution in [-0.4, -0.2) is 217 Å². The van der Waals surface area contributed by atoms with Gasteiger partial charge in [0.05, 0.1) is 59.5 Å². The zero-order valence-corrected chi connectivity index (χ0v) is 55.4. The van der Waals surface area contributed by atoms with Crippen molar-refractivity contribution in [3.8, 4) is 22.3 Å². The molecule has 2 aliphatic heterocycles. The van der Waals surface area contributed by atoms with Crippen molar-refractivity contribution in [2.75, 3.05) is 55.9 Å². The number of carboxylic acids is 1. The Hall–Kier alpha value is -6.56. The van der Waals surface area contributed by atoms with E-state index in [-0.39, 0.29) is 54.1 Å². The van der Waals surface area contributed by atoms with E-state index in [1.54, 1.807) is 36.4 Å². The molecule has 95 heavy (non-hydrogen) atoms. The molecule has 5 aromatic carbocycles. The standard InChI is InChI=1S/C65H81N5O21S4/c1-41(72)69-56-52(75)36-64(40-71,90-60(56)58(79)54(77)38-67-94(84,85)49-25-21-45(22-26-49)43-12-5-3-6-13-43)88-30-10-34-93-35-29-66-62(81)48-19-17-47(18-20-48)51(74)16-9-32-92-33-11-31-89-65(63(82)83)37-53(76)57(70-42(2)73)61(91-65)59(80)55(78)39-68-95(86,87)50-27-23-46(24-28-50)44-14-7-4-8-15-44/h3-8,12-15,17-28,40,52-61,67-68,75-80H,9-11,16,29-39H2,1-2H3,(H,66,81)(H,69,72)(H,70,73)(H,82,83)/t52-,53-,54+,55+,56+,57+,58+,59+,60+,61+,64+,65+/m0/s1. The number of aliphatic hydroxyl groups excluding tert-OH is 6. The molecule has 0 aromatic heterocycles. The highest BCUT2D eigenvalue weighted by Gasteiger charge is 2.56. The number of aliphatic carboxylic acids is 1. The molecule has 26 nitrogen and oxygen atoms in total. The number of hydrogen-bond donors (Lipinski definition) is 12. The lowest BCUT2D eigenvalue weighted by atomic mass is 9.88. The first-order valence-electron chi connectivity index (χ1n) is 30.6. The summed E-state index contributed by atoms with van der Waals surface area (Å²) in [6.45, 7) is 0.825. The van der Waals surface area contributed by atoms with Gasteiger partial charge in [0.25, 0.3) is 11.7 Å². The summed E-state index contributed by atoms with van der Waals surface area (Å²) in [6, 6.07) is 33.9. The summed E-state index contributed by atoms with van der Waals surface area (Å²) in [5, 5.41) is 85.0. The molecule has 7 rings (SSSR count). The smallest absolute Gasteiger partial charge is 0.364 e. The largest absolute Gasteiger partial charge is 0.477 e. The van der Waals surface area contributed by atoms with E-state index in [1.807, 2.05) is 60.7 Å². The Morgan fingerprint density at radius 1 is 0.579 bits per heavy atom. The molecule has 0 aliphatic carbocycles. The molecule has 516 valence electrons. The Morgan fingerprint density at radius 3 is 1.48 bits per heavy atom. The Labute approximate surface area is 559 Å². The monoisotopic (exact) mass is 1400 g/mol. The molecule has 2 aliphatic rings. The summed E-state index contributed by atoms with van der Waals surface area (Å²) in [5.74, 6) is -6.13. The van der Waals surface area contributed by atoms with E-state index in [9.17, 15) is 81.3 Å². The lowest BCUT2D eigenvalue weighted by Crippen LogP contribution is -2.68. The minimum atomic E-state index is -4.23. The van der Waals surface area contributed by atoms with Crippen LogP contribution in [-0.2, 0) is 58.2 Å². The number of Topliss-reactive ketones (excluding diaryl/α,β-unsaturated/α-hetero) is 1. The first-order valence-corrected chi connectivity index (χ1v) is 35.9. The number of sulfonamides is 2. The molecule has 5 aromatic rings. The molecule has 2 heterocycles. The number of ether oxygens (including phenoxy) is 4. The molecule has 0 bridgehead atoms. The van der Waals surface area contributed by atoms with Gasteiger partial charge in [-0.05, 0) is 95.2 Å². The number of carboxylic acid groups (broad SMARTS) is 1. The molecule has 2 fully saturated rings. The fourth-order valence-electron chi connectivity index (χ4n) is 10.6. The molecule has 0 saturated carbocycles. The molecule has 0 radical (unpaired) electrons. The number of ketones is 1. The number of amides is 3. The van der Waals surface area contributed by atoms with Crippen LogP contribution in [0.5, 0.6) is 0 Å². The lowest BCUT2D eigenvalue weighted by Gasteiger charge is -2.46. The third-order valence-corrected chi connectivity index (χ3v) is 20.7. The summed E-state index contributed by atoms with van der Waals surface area (Å²) in [7, 11) is -8.42. The maximum Gasteiger partial charge on any atom is 0.364 e. The highest BCUT2D eigenvalue weighted by Crippen LogP contribution is 2.35. The molecule has 12 N–H and O–H groups in total. The van der Waals surface area contributed by atoms with Crippen molar-refractivity contribution in [1.82, 2.24) is 25.4 Å². The Morgan fingerprint density at radius 2 is 1.01 bits per heavy atom. The minimum Gasteiger partial charge on any atom is -0.477 e. The van der Waals surface area contributed by atoms with Gasteiger partial charge >= 0.3 is 5.97 Å². The van der Waals surface area contributed by atoms with Gasteiger partial charge in [0, 0.05) is 69.6 Å². The van der Waals surface area contributed by atoms with Crippen LogP contribution in [0.15, 0.2) is 143 Å². The average molecular weight is 1400 g/mol. The number of hydrogen-bond acceptors (Lipinski definition) is 22. The average Bonchev–Trinajstić information content (AvgIpc) is 0.783. The molecule has 3 amide bonds. The third-order valence-electron chi connectivity index (χ3n) is 15.6. The van der Waals surface area contributed by atoms with E-state index in [1.165, 1.54) is 59.9 Å². The van der Waals surface area contributed by atoms with E-state index >= 15 is 0 Å². The number of rotatable bonds is 37. The van der Waals surface area contributed by atoms with Crippen LogP contribution in [0, 0.1) is 0 Å². The summed E-state index contributed by atoms with van der Waals surface area (Å²) in [4.78, 5) is 75.3. The zero-order chi connectivity index (χ0) is 68.9. The number of benzene rings is 5. The number of thioether (sulfide) groups is 2. The second kappa shape index (κ2) is 35.6. The molecular formula is C65H81N5O21S4. The van der Waals surface area contributed by atoms with Crippen LogP contribution >= 0.6 is 23.5 Å². The van der Waals surface area contributed by atoms with Crippen molar-refractivity contribution in [3.63, 3.8) is 0 Å². The van der Waals surface area contributed by atoms with Gasteiger partial charge in [-0.3, -0.25) is 24.0 Å². The van der Waals surface area contributed by atoms with Gasteiger partial charge < -0.3 is 70.6 Å². The predicted molar refractivity (Wildman–Crippen MR) is 352 cm³/mol. The zero-order valence-electron chi connectivity index (χ0n) is 52.1. The number of aliphatic hydroxyl groups is 6. The molecular weight excluding hydrogens is 1310 g/mol. The topological polar surface area (TPSA) is 409 Å². The van der Waals surface area contributed by atoms with Gasteiger partial charge in [0.2, 0.25) is 37.6 Å². The van der Waals surface area contributed by atoms with Crippen molar-refractivity contribution in [1.29, 1.82) is 0 Å². The SMILES string of the molecule is CC(=O)N[C@H]1[C@H]([C@H](O)[C@H](O)CNS(=O)(=O)c2ccc(-c3ccccc3)cc2)O[C@](C=O)(OCCCSCCNC(=O)c2ccc(C(=O)CCCSCCCO[C@]3(C(=O)O)C[C@H](O)[C@@H](NC(C)=O)[C@H]([C@H](O)[C@H](O)CNS(=O)(=O)c4ccc(-c5ccccc5)cc4)O3)cc2)C[C@@H]1O. The molecule has 30 heteroatoms. The van der Waals surface area contributed by atoms with Crippen molar-refractivity contribution in [2.24, 2.45) is 0 Å². The van der Waals surface area contributed by atoms with Crippen LogP contribution in [0.4, 0.5) is 0 Å². The van der Waals surface area contributed by atoms with Crippen LogP contribution < -0.4 is 25.4 Å². The van der Waals surface area contributed by atoms with E-state index in [2.05, 4.69) is 25.4 Å². The minimum absolute atomic E-state index is 0.0631. The highest BCUT2D eigenvalue weighted by molar-refractivity contribution is 7.99. The van der Waals surface area contributed by atoms with Gasteiger partial charge in [0.1, 0.15) is 24.4 Å². The second-order valence-corrected chi connectivity index (χ2v) is 28.7. The van der Waals surface area contributed by atoms with Gasteiger partial charge in [0.15, 0.2) is 12.1 Å². The Balaban J connectivity index is 0.775. The molecule has 0 unspecified atom stereocenters. The van der Waals surface area contributed by atoms with E-state index in [0.29, 0.717) is 53.3 Å². The van der Waals surface area contributed by atoms with Gasteiger partial charge in [-0.25, -0.2) is 31.1 Å². The van der Waals surface area contributed by atoms with Gasteiger partial charge in [-0.15, -0.1) is 0 Å². The molecule has 0 spiro atoms. The second-order valence-electron chi connectivity index (χ2n) is 22.7. The number of aldehydes is 1. The summed E-state index contributed by atoms with van der Waals surface area (Å²) in [6.07, 6.45) is -13.8. The summed E-state index contributed by atoms with van der Waals surface area (Å²) < 4.78 is 80.4. The van der Waals surface area contributed by atoms with Crippen LogP contribution in [0.1, 0.15) is 73.1 Å². The normalized spacial score (nSPS) is 22.7. The van der Waals surface area contributed by atoms with E-state index in [0.717, 1.165) is 36.1 Å². The number of carbonyl (C=O) groups excluding carboxylic acids is 5. The quantitative estimate of drug-likeness (QED) is 0.0154. The molecule has 2 saturated heterocycles. The van der Waals surface area contributed by atoms with Crippen LogP contribution in [0.25, 0.3) is 22.3 Å². The Bertz CT molecular complexity index is 3570.